The molecule has 0 N–H and O–H groups in total. The maximum Gasteiger partial charge on any atom is 0.266 e. The van der Waals surface area contributed by atoms with E-state index in [0.717, 1.165) is 11.1 Å². The van der Waals surface area contributed by atoms with Crippen molar-refractivity contribution in [3.63, 3.8) is 0 Å². The van der Waals surface area contributed by atoms with Gasteiger partial charge in [-0.1, -0.05) is 78.0 Å². The van der Waals surface area contributed by atoms with Gasteiger partial charge in [-0.3, -0.25) is 9.69 Å². The van der Waals surface area contributed by atoms with E-state index in [0.29, 0.717) is 25.8 Å². The van der Waals surface area contributed by atoms with E-state index in [1.165, 1.54) is 11.8 Å². The first-order valence-corrected chi connectivity index (χ1v) is 10.3. The molecule has 1 fully saturated rings. The molecule has 140 valence electrons. The first kappa shape index (κ1) is 19.0. The average molecular weight is 426 g/mol. The van der Waals surface area contributed by atoms with Crippen LogP contribution in [0.15, 0.2) is 76.1 Å². The highest BCUT2D eigenvalue weighted by Crippen LogP contribution is 2.38. The minimum atomic E-state index is -0.127. The Kier molecular flexibility index (Phi) is 5.40. The van der Waals surface area contributed by atoms with Crippen molar-refractivity contribution in [3.05, 3.63) is 88.0 Å². The van der Waals surface area contributed by atoms with Gasteiger partial charge in [0.15, 0.2) is 0 Å². The summed E-state index contributed by atoms with van der Waals surface area (Å²) in [4.78, 5) is 15.2. The summed E-state index contributed by atoms with van der Waals surface area (Å²) >= 11 is 12.8. The van der Waals surface area contributed by atoms with Gasteiger partial charge in [0.2, 0.25) is 0 Å². The lowest BCUT2D eigenvalue weighted by atomic mass is 10.1. The van der Waals surface area contributed by atoms with Crippen LogP contribution in [-0.2, 0) is 4.79 Å². The molecule has 4 rings (SSSR count). The highest BCUT2D eigenvalue weighted by atomic mass is 35.5. The minimum absolute atomic E-state index is 0.105. The summed E-state index contributed by atoms with van der Waals surface area (Å²) in [5.74, 6) is 1.19. The molecule has 0 unspecified atom stereocenters. The van der Waals surface area contributed by atoms with Crippen molar-refractivity contribution in [3.8, 4) is 11.3 Å². The quantitative estimate of drug-likeness (QED) is 0.350. The van der Waals surface area contributed by atoms with Gasteiger partial charge in [0.1, 0.15) is 15.8 Å². The Morgan fingerprint density at radius 1 is 1.11 bits per heavy atom. The lowest BCUT2D eigenvalue weighted by molar-refractivity contribution is -0.123. The highest BCUT2D eigenvalue weighted by Gasteiger charge is 2.36. The topological polar surface area (TPSA) is 33.5 Å². The molecule has 2 aromatic carbocycles. The second kappa shape index (κ2) is 7.95. The van der Waals surface area contributed by atoms with E-state index in [1.807, 2.05) is 73.7 Å². The number of carbonyl (C=O) groups is 1. The van der Waals surface area contributed by atoms with Crippen molar-refractivity contribution in [2.24, 2.45) is 0 Å². The van der Waals surface area contributed by atoms with E-state index in [1.54, 1.807) is 11.0 Å². The van der Waals surface area contributed by atoms with Gasteiger partial charge in [0.05, 0.1) is 10.9 Å². The Bertz CT molecular complexity index is 1070. The molecule has 0 spiro atoms. The molecule has 0 saturated carbocycles. The molecule has 0 radical (unpaired) electrons. The standard InChI is InChI=1S/C22H16ClNO2S2/c1-14(15-6-3-2-4-7-15)24-21(25)20(28-22(24)27)13-18-10-11-19(26-18)16-8-5-9-17(23)12-16/h2-14H,1H3/b20-13+/t14-/m0/s1. The zero-order valence-corrected chi connectivity index (χ0v) is 17.4. The number of nitrogens with zero attached hydrogens (tertiary/aromatic N) is 1. The SMILES string of the molecule is C[C@@H](c1ccccc1)N1C(=O)/C(=C\c2ccc(-c3cccc(Cl)c3)o2)SC1=S. The number of thioether (sulfide) groups is 1. The molecule has 1 aliphatic heterocycles. The van der Waals surface area contributed by atoms with Crippen LogP contribution in [0, 0.1) is 0 Å². The number of furan rings is 1. The highest BCUT2D eigenvalue weighted by molar-refractivity contribution is 8.26. The first-order chi connectivity index (χ1) is 13.5. The third-order valence-electron chi connectivity index (χ3n) is 4.50. The van der Waals surface area contributed by atoms with Crippen LogP contribution in [0.1, 0.15) is 24.3 Å². The summed E-state index contributed by atoms with van der Waals surface area (Å²) in [5, 5.41) is 0.645. The maximum atomic E-state index is 12.9. The van der Waals surface area contributed by atoms with E-state index in [2.05, 4.69) is 0 Å². The summed E-state index contributed by atoms with van der Waals surface area (Å²) < 4.78 is 6.44. The van der Waals surface area contributed by atoms with Crippen LogP contribution in [0.3, 0.4) is 0 Å². The normalized spacial score (nSPS) is 16.8. The van der Waals surface area contributed by atoms with Gasteiger partial charge in [-0.05, 0) is 36.8 Å². The van der Waals surface area contributed by atoms with Crippen molar-refractivity contribution in [1.82, 2.24) is 4.90 Å². The second-order valence-corrected chi connectivity index (χ2v) is 8.46. The Morgan fingerprint density at radius 3 is 2.64 bits per heavy atom. The molecule has 2 heterocycles. The predicted octanol–water partition coefficient (Wildman–Crippen LogP) is 6.56. The Labute approximate surface area is 178 Å². The molecule has 1 atom stereocenters. The van der Waals surface area contributed by atoms with Crippen molar-refractivity contribution < 1.29 is 9.21 Å². The summed E-state index contributed by atoms with van der Waals surface area (Å²) in [7, 11) is 0. The van der Waals surface area contributed by atoms with E-state index in [9.17, 15) is 4.79 Å². The molecule has 1 aliphatic rings. The van der Waals surface area contributed by atoms with Gasteiger partial charge >= 0.3 is 0 Å². The van der Waals surface area contributed by atoms with Crippen molar-refractivity contribution in [2.75, 3.05) is 0 Å². The first-order valence-electron chi connectivity index (χ1n) is 8.71. The fraction of sp³-hybridized carbons (Fsp3) is 0.0909. The predicted molar refractivity (Wildman–Crippen MR) is 119 cm³/mol. The Balaban J connectivity index is 1.58. The molecular formula is C22H16ClNO2S2. The van der Waals surface area contributed by atoms with E-state index >= 15 is 0 Å². The number of benzene rings is 2. The van der Waals surface area contributed by atoms with Crippen LogP contribution in [0.25, 0.3) is 17.4 Å². The largest absolute Gasteiger partial charge is 0.457 e. The van der Waals surface area contributed by atoms with Crippen LogP contribution in [0.4, 0.5) is 0 Å². The third kappa shape index (κ3) is 3.78. The fourth-order valence-corrected chi connectivity index (χ4v) is 4.64. The maximum absolute atomic E-state index is 12.9. The Morgan fingerprint density at radius 2 is 1.89 bits per heavy atom. The van der Waals surface area contributed by atoms with Gasteiger partial charge < -0.3 is 4.42 Å². The van der Waals surface area contributed by atoms with Crippen molar-refractivity contribution in [2.45, 2.75) is 13.0 Å². The number of hydrogen-bond donors (Lipinski definition) is 0. The van der Waals surface area contributed by atoms with E-state index in [-0.39, 0.29) is 11.9 Å². The van der Waals surface area contributed by atoms with Gasteiger partial charge in [-0.2, -0.15) is 0 Å². The molecule has 3 aromatic rings. The summed E-state index contributed by atoms with van der Waals surface area (Å²) in [6, 6.07) is 20.9. The average Bonchev–Trinajstić information content (AvgIpc) is 3.27. The van der Waals surface area contributed by atoms with Crippen LogP contribution in [0.2, 0.25) is 5.02 Å². The monoisotopic (exact) mass is 425 g/mol. The number of hydrogen-bond acceptors (Lipinski definition) is 4. The molecule has 0 bridgehead atoms. The molecular weight excluding hydrogens is 410 g/mol. The summed E-state index contributed by atoms with van der Waals surface area (Å²) in [5.41, 5.74) is 1.93. The molecule has 6 heteroatoms. The number of thiocarbonyl (C=S) groups is 1. The van der Waals surface area contributed by atoms with Gasteiger partial charge in [-0.15, -0.1) is 0 Å². The van der Waals surface area contributed by atoms with Crippen LogP contribution < -0.4 is 0 Å². The summed E-state index contributed by atoms with van der Waals surface area (Å²) in [6.45, 7) is 1.98. The number of amides is 1. The second-order valence-electron chi connectivity index (χ2n) is 6.35. The zero-order chi connectivity index (χ0) is 19.7. The molecule has 1 amide bonds. The van der Waals surface area contributed by atoms with Gasteiger partial charge in [-0.25, -0.2) is 0 Å². The Hall–Kier alpha value is -2.34. The van der Waals surface area contributed by atoms with Crippen LogP contribution in [0.5, 0.6) is 0 Å². The van der Waals surface area contributed by atoms with E-state index < -0.39 is 0 Å². The van der Waals surface area contributed by atoms with Gasteiger partial charge in [0, 0.05) is 16.7 Å². The fourth-order valence-electron chi connectivity index (χ4n) is 3.05. The third-order valence-corrected chi connectivity index (χ3v) is 6.07. The van der Waals surface area contributed by atoms with Crippen molar-refractivity contribution >= 4 is 51.9 Å². The number of carbonyl (C=O) groups excluding carboxylic acids is 1. The van der Waals surface area contributed by atoms with Crippen molar-refractivity contribution in [1.29, 1.82) is 0 Å². The molecule has 3 nitrogen and oxygen atoms in total. The smallest absolute Gasteiger partial charge is 0.266 e. The summed E-state index contributed by atoms with van der Waals surface area (Å²) in [6.07, 6.45) is 1.74. The lowest BCUT2D eigenvalue weighted by Gasteiger charge is -2.23. The molecule has 28 heavy (non-hydrogen) atoms. The molecule has 1 saturated heterocycles. The number of rotatable bonds is 4. The van der Waals surface area contributed by atoms with Crippen LogP contribution in [-0.4, -0.2) is 15.1 Å². The van der Waals surface area contributed by atoms with E-state index in [4.69, 9.17) is 28.2 Å². The lowest BCUT2D eigenvalue weighted by Crippen LogP contribution is -2.30. The number of halogens is 1. The van der Waals surface area contributed by atoms with Crippen LogP contribution >= 0.6 is 35.6 Å². The zero-order valence-electron chi connectivity index (χ0n) is 15.0. The van der Waals surface area contributed by atoms with Gasteiger partial charge in [0.25, 0.3) is 5.91 Å². The molecule has 1 aromatic heterocycles. The molecule has 0 aliphatic carbocycles. The minimum Gasteiger partial charge on any atom is -0.457 e.